The molecule has 1 fully saturated rings. The third kappa shape index (κ3) is 4.23. The molecule has 3 amide bonds. The summed E-state index contributed by atoms with van der Waals surface area (Å²) >= 11 is 0. The SMILES string of the molecule is O=C1CCN(c2ccc(Oc3cccc(OC(F)F)c3)cc2)C(=O)N1. The molecule has 6 nitrogen and oxygen atoms in total. The molecule has 130 valence electrons. The summed E-state index contributed by atoms with van der Waals surface area (Å²) in [5.74, 6) is 0.504. The molecule has 1 N–H and O–H groups in total. The number of rotatable bonds is 5. The number of benzene rings is 2. The van der Waals surface area contributed by atoms with E-state index < -0.39 is 12.6 Å². The van der Waals surface area contributed by atoms with E-state index in [0.717, 1.165) is 0 Å². The van der Waals surface area contributed by atoms with E-state index in [1.165, 1.54) is 23.1 Å². The third-order valence-electron chi connectivity index (χ3n) is 3.47. The molecule has 8 heteroatoms. The Balaban J connectivity index is 1.69. The van der Waals surface area contributed by atoms with E-state index in [2.05, 4.69) is 10.1 Å². The minimum atomic E-state index is -2.91. The fraction of sp³-hybridized carbons (Fsp3) is 0.176. The van der Waals surface area contributed by atoms with Crippen molar-refractivity contribution in [1.29, 1.82) is 0 Å². The second-order valence-electron chi connectivity index (χ2n) is 5.20. The van der Waals surface area contributed by atoms with Gasteiger partial charge in [-0.15, -0.1) is 0 Å². The molecule has 0 aliphatic carbocycles. The van der Waals surface area contributed by atoms with Gasteiger partial charge in [0.05, 0.1) is 0 Å². The normalized spacial score (nSPS) is 14.4. The van der Waals surface area contributed by atoms with Gasteiger partial charge in [-0.2, -0.15) is 8.78 Å². The van der Waals surface area contributed by atoms with Crippen LogP contribution in [0.1, 0.15) is 6.42 Å². The zero-order valence-corrected chi connectivity index (χ0v) is 12.9. The first kappa shape index (κ1) is 16.7. The summed E-state index contributed by atoms with van der Waals surface area (Å²) in [4.78, 5) is 24.4. The Morgan fingerprint density at radius 3 is 2.40 bits per heavy atom. The minimum absolute atomic E-state index is 0.00113. The van der Waals surface area contributed by atoms with Crippen LogP contribution in [0.2, 0.25) is 0 Å². The average Bonchev–Trinajstić information content (AvgIpc) is 2.56. The Morgan fingerprint density at radius 2 is 1.72 bits per heavy atom. The molecule has 1 aliphatic rings. The number of nitrogens with one attached hydrogen (secondary N) is 1. The van der Waals surface area contributed by atoms with Crippen molar-refractivity contribution in [2.75, 3.05) is 11.4 Å². The van der Waals surface area contributed by atoms with E-state index in [1.54, 1.807) is 30.3 Å². The van der Waals surface area contributed by atoms with Crippen molar-refractivity contribution in [3.05, 3.63) is 48.5 Å². The maximum Gasteiger partial charge on any atom is 0.387 e. The van der Waals surface area contributed by atoms with E-state index in [-0.39, 0.29) is 18.1 Å². The van der Waals surface area contributed by atoms with Crippen molar-refractivity contribution in [2.24, 2.45) is 0 Å². The van der Waals surface area contributed by atoms with Crippen LogP contribution in [-0.2, 0) is 4.79 Å². The summed E-state index contributed by atoms with van der Waals surface area (Å²) in [5, 5.41) is 2.25. The number of hydrogen-bond acceptors (Lipinski definition) is 4. The molecule has 0 unspecified atom stereocenters. The molecule has 0 bridgehead atoms. The molecule has 0 aromatic heterocycles. The quantitative estimate of drug-likeness (QED) is 0.898. The summed E-state index contributed by atoms with van der Waals surface area (Å²) in [6.45, 7) is -2.60. The van der Waals surface area contributed by atoms with Crippen molar-refractivity contribution in [1.82, 2.24) is 5.32 Å². The van der Waals surface area contributed by atoms with Gasteiger partial charge >= 0.3 is 12.6 Å². The Hall–Kier alpha value is -3.16. The lowest BCUT2D eigenvalue weighted by Crippen LogP contribution is -2.49. The molecule has 0 atom stereocenters. The number of carbonyl (C=O) groups excluding carboxylic acids is 2. The number of anilines is 1. The molecule has 0 saturated carbocycles. The molecule has 3 rings (SSSR count). The van der Waals surface area contributed by atoms with Crippen molar-refractivity contribution in [2.45, 2.75) is 13.0 Å². The number of amides is 3. The van der Waals surface area contributed by atoms with Gasteiger partial charge in [0, 0.05) is 24.7 Å². The highest BCUT2D eigenvalue weighted by Crippen LogP contribution is 2.28. The first-order valence-electron chi connectivity index (χ1n) is 7.45. The Morgan fingerprint density at radius 1 is 1.00 bits per heavy atom. The Labute approximate surface area is 141 Å². The zero-order chi connectivity index (χ0) is 17.8. The van der Waals surface area contributed by atoms with Gasteiger partial charge in [-0.1, -0.05) is 6.07 Å². The van der Waals surface area contributed by atoms with Gasteiger partial charge in [-0.3, -0.25) is 15.0 Å². The number of alkyl halides is 2. The maximum absolute atomic E-state index is 12.2. The van der Waals surface area contributed by atoms with Gasteiger partial charge < -0.3 is 9.47 Å². The third-order valence-corrected chi connectivity index (χ3v) is 3.47. The molecule has 2 aromatic rings. The van der Waals surface area contributed by atoms with Gasteiger partial charge in [0.25, 0.3) is 0 Å². The van der Waals surface area contributed by atoms with Crippen molar-refractivity contribution < 1.29 is 27.8 Å². The Kier molecular flexibility index (Phi) is 4.78. The zero-order valence-electron chi connectivity index (χ0n) is 12.9. The smallest absolute Gasteiger partial charge is 0.387 e. The van der Waals surface area contributed by atoms with Crippen LogP contribution in [0.15, 0.2) is 48.5 Å². The summed E-state index contributed by atoms with van der Waals surface area (Å²) in [6.07, 6.45) is 0.237. The van der Waals surface area contributed by atoms with Crippen molar-refractivity contribution in [3.8, 4) is 17.2 Å². The van der Waals surface area contributed by atoms with Crippen LogP contribution in [0.3, 0.4) is 0 Å². The number of imide groups is 1. The summed E-state index contributed by atoms with van der Waals surface area (Å²) in [7, 11) is 0. The Bertz CT molecular complexity index is 780. The highest BCUT2D eigenvalue weighted by atomic mass is 19.3. The van der Waals surface area contributed by atoms with Gasteiger partial charge in [0.2, 0.25) is 5.91 Å². The fourth-order valence-electron chi connectivity index (χ4n) is 2.35. The number of hydrogen-bond donors (Lipinski definition) is 1. The van der Waals surface area contributed by atoms with Crippen LogP contribution in [0.25, 0.3) is 0 Å². The van der Waals surface area contributed by atoms with Gasteiger partial charge in [-0.05, 0) is 36.4 Å². The molecular weight excluding hydrogens is 334 g/mol. The van der Waals surface area contributed by atoms with Gasteiger partial charge in [0.15, 0.2) is 0 Å². The lowest BCUT2D eigenvalue weighted by molar-refractivity contribution is -0.120. The molecule has 0 radical (unpaired) electrons. The van der Waals surface area contributed by atoms with E-state index in [0.29, 0.717) is 23.7 Å². The second-order valence-corrected chi connectivity index (χ2v) is 5.20. The first-order chi connectivity index (χ1) is 12.0. The monoisotopic (exact) mass is 348 g/mol. The van der Waals surface area contributed by atoms with Crippen molar-refractivity contribution in [3.63, 3.8) is 0 Å². The summed E-state index contributed by atoms with van der Waals surface area (Å²) in [5.41, 5.74) is 0.618. The number of carbonyl (C=O) groups is 2. The summed E-state index contributed by atoms with van der Waals surface area (Å²) in [6, 6.07) is 12.0. The molecule has 1 saturated heterocycles. The maximum atomic E-state index is 12.2. The standard InChI is InChI=1S/C17H14F2N2O4/c18-16(19)25-14-3-1-2-13(10-14)24-12-6-4-11(5-7-12)21-9-8-15(22)20-17(21)23/h1-7,10,16H,8-9H2,(H,20,22,23). The summed E-state index contributed by atoms with van der Waals surface area (Å²) < 4.78 is 34.4. The number of nitrogens with zero attached hydrogens (tertiary/aromatic N) is 1. The van der Waals surface area contributed by atoms with E-state index in [1.807, 2.05) is 0 Å². The highest BCUT2D eigenvalue weighted by molar-refractivity contribution is 6.05. The predicted molar refractivity (Wildman–Crippen MR) is 85.1 cm³/mol. The molecule has 1 heterocycles. The number of halogens is 2. The lowest BCUT2D eigenvalue weighted by Gasteiger charge is -2.26. The first-order valence-corrected chi connectivity index (χ1v) is 7.45. The highest BCUT2D eigenvalue weighted by Gasteiger charge is 2.24. The second kappa shape index (κ2) is 7.16. The van der Waals surface area contributed by atoms with Crippen LogP contribution in [0, 0.1) is 0 Å². The number of urea groups is 1. The van der Waals surface area contributed by atoms with E-state index in [4.69, 9.17) is 4.74 Å². The predicted octanol–water partition coefficient (Wildman–Crippen LogP) is 3.53. The topological polar surface area (TPSA) is 67.9 Å². The fourth-order valence-corrected chi connectivity index (χ4v) is 2.35. The molecule has 1 aliphatic heterocycles. The van der Waals surface area contributed by atoms with Gasteiger partial charge in [-0.25, -0.2) is 4.79 Å². The molecule has 2 aromatic carbocycles. The van der Waals surface area contributed by atoms with Crippen LogP contribution in [-0.4, -0.2) is 25.1 Å². The van der Waals surface area contributed by atoms with Crippen LogP contribution < -0.4 is 19.7 Å². The van der Waals surface area contributed by atoms with E-state index in [9.17, 15) is 18.4 Å². The van der Waals surface area contributed by atoms with Gasteiger partial charge in [0.1, 0.15) is 17.2 Å². The van der Waals surface area contributed by atoms with Crippen LogP contribution in [0.4, 0.5) is 19.3 Å². The minimum Gasteiger partial charge on any atom is -0.457 e. The molecule has 0 spiro atoms. The van der Waals surface area contributed by atoms with Crippen LogP contribution >= 0.6 is 0 Å². The molecule has 25 heavy (non-hydrogen) atoms. The number of ether oxygens (including phenoxy) is 2. The van der Waals surface area contributed by atoms with E-state index >= 15 is 0 Å². The average molecular weight is 348 g/mol. The lowest BCUT2D eigenvalue weighted by atomic mass is 10.2. The largest absolute Gasteiger partial charge is 0.457 e. The van der Waals surface area contributed by atoms with Crippen molar-refractivity contribution >= 4 is 17.6 Å². The molecular formula is C17H14F2N2O4. The van der Waals surface area contributed by atoms with Crippen LogP contribution in [0.5, 0.6) is 17.2 Å².